The van der Waals surface area contributed by atoms with Crippen LogP contribution < -0.4 is 5.43 Å². The van der Waals surface area contributed by atoms with Gasteiger partial charge in [-0.3, -0.25) is 9.36 Å². The van der Waals surface area contributed by atoms with Crippen LogP contribution in [0.1, 0.15) is 11.1 Å². The lowest BCUT2D eigenvalue weighted by Gasteiger charge is -2.10. The predicted octanol–water partition coefficient (Wildman–Crippen LogP) is 4.19. The first-order valence-electron chi connectivity index (χ1n) is 9.92. The average molecular weight is 444 g/mol. The van der Waals surface area contributed by atoms with Crippen molar-refractivity contribution >= 4 is 23.9 Å². The van der Waals surface area contributed by atoms with E-state index < -0.39 is 0 Å². The lowest BCUT2D eigenvalue weighted by molar-refractivity contribution is -0.118. The van der Waals surface area contributed by atoms with Crippen molar-refractivity contribution in [3.05, 3.63) is 90.0 Å². The number of benzene rings is 3. The number of rotatable bonds is 7. The zero-order valence-corrected chi connectivity index (χ0v) is 18.2. The van der Waals surface area contributed by atoms with Crippen LogP contribution in [0.4, 0.5) is 0 Å². The molecule has 0 saturated heterocycles. The summed E-state index contributed by atoms with van der Waals surface area (Å²) in [6, 6.07) is 24.5. The highest BCUT2D eigenvalue weighted by molar-refractivity contribution is 7.99. The largest absolute Gasteiger partial charge is 0.508 e. The van der Waals surface area contributed by atoms with E-state index in [9.17, 15) is 9.90 Å². The number of thioether (sulfide) groups is 1. The number of phenols is 1. The Bertz CT molecular complexity index is 1240. The van der Waals surface area contributed by atoms with E-state index in [0.717, 1.165) is 16.8 Å². The number of aromatic hydroxyl groups is 1. The maximum Gasteiger partial charge on any atom is 0.250 e. The molecule has 2 N–H and O–H groups in total. The Balaban J connectivity index is 1.49. The van der Waals surface area contributed by atoms with Gasteiger partial charge >= 0.3 is 0 Å². The molecule has 32 heavy (non-hydrogen) atoms. The zero-order chi connectivity index (χ0) is 22.3. The number of amides is 1. The van der Waals surface area contributed by atoms with Crippen LogP contribution in [-0.2, 0) is 4.79 Å². The molecule has 0 radical (unpaired) electrons. The lowest BCUT2D eigenvalue weighted by atomic mass is 10.1. The number of hydrazone groups is 1. The summed E-state index contributed by atoms with van der Waals surface area (Å²) < 4.78 is 1.94. The number of para-hydroxylation sites is 1. The van der Waals surface area contributed by atoms with Gasteiger partial charge in [0.15, 0.2) is 11.0 Å². The molecule has 0 fully saturated rings. The SMILES string of the molecule is Cc1ccc(-c2nnc(SCC(=O)N/N=C/c3cccc(O)c3)n2-c2ccccc2)cc1. The Hall–Kier alpha value is -3.91. The van der Waals surface area contributed by atoms with Crippen molar-refractivity contribution in [1.82, 2.24) is 20.2 Å². The quantitative estimate of drug-likeness (QED) is 0.254. The minimum Gasteiger partial charge on any atom is -0.508 e. The van der Waals surface area contributed by atoms with Gasteiger partial charge in [0.05, 0.1) is 12.0 Å². The molecule has 8 heteroatoms. The molecular formula is C24H21N5O2S. The Morgan fingerprint density at radius 1 is 1.06 bits per heavy atom. The van der Waals surface area contributed by atoms with Gasteiger partial charge in [0, 0.05) is 11.3 Å². The average Bonchev–Trinajstić information content (AvgIpc) is 3.23. The van der Waals surface area contributed by atoms with Gasteiger partial charge in [0.1, 0.15) is 5.75 Å². The van der Waals surface area contributed by atoms with Crippen LogP contribution in [0.15, 0.2) is 89.1 Å². The van der Waals surface area contributed by atoms with Crippen LogP contribution in [0.25, 0.3) is 17.1 Å². The summed E-state index contributed by atoms with van der Waals surface area (Å²) in [6.45, 7) is 2.04. The van der Waals surface area contributed by atoms with Crippen molar-refractivity contribution in [3.63, 3.8) is 0 Å². The molecule has 160 valence electrons. The van der Waals surface area contributed by atoms with Crippen LogP contribution in [0, 0.1) is 6.92 Å². The Kier molecular flexibility index (Phi) is 6.62. The van der Waals surface area contributed by atoms with E-state index >= 15 is 0 Å². The van der Waals surface area contributed by atoms with E-state index in [1.807, 2.05) is 66.1 Å². The first kappa shape index (κ1) is 21.3. The predicted molar refractivity (Wildman–Crippen MR) is 126 cm³/mol. The molecule has 0 atom stereocenters. The number of nitrogens with zero attached hydrogens (tertiary/aromatic N) is 4. The van der Waals surface area contributed by atoms with Crippen LogP contribution in [-0.4, -0.2) is 37.7 Å². The summed E-state index contributed by atoms with van der Waals surface area (Å²) in [5.74, 6) is 0.698. The summed E-state index contributed by atoms with van der Waals surface area (Å²) in [6.07, 6.45) is 1.48. The molecule has 0 aliphatic carbocycles. The normalized spacial score (nSPS) is 11.0. The fourth-order valence-electron chi connectivity index (χ4n) is 3.01. The smallest absolute Gasteiger partial charge is 0.250 e. The molecule has 4 rings (SSSR count). The van der Waals surface area contributed by atoms with E-state index in [2.05, 4.69) is 20.7 Å². The topological polar surface area (TPSA) is 92.4 Å². The Labute approximate surface area is 189 Å². The number of hydrogen-bond donors (Lipinski definition) is 2. The third-order valence-electron chi connectivity index (χ3n) is 4.56. The molecule has 4 aromatic rings. The highest BCUT2D eigenvalue weighted by Crippen LogP contribution is 2.28. The fourth-order valence-corrected chi connectivity index (χ4v) is 3.75. The number of aryl methyl sites for hydroxylation is 1. The number of carbonyl (C=O) groups is 1. The first-order valence-corrected chi connectivity index (χ1v) is 10.9. The van der Waals surface area contributed by atoms with Gasteiger partial charge in [0.25, 0.3) is 5.91 Å². The second-order valence-electron chi connectivity index (χ2n) is 7.02. The highest BCUT2D eigenvalue weighted by Gasteiger charge is 2.17. The number of hydrogen-bond acceptors (Lipinski definition) is 6. The van der Waals surface area contributed by atoms with Crippen molar-refractivity contribution < 1.29 is 9.90 Å². The molecule has 3 aromatic carbocycles. The second kappa shape index (κ2) is 9.93. The molecule has 0 bridgehead atoms. The molecule has 1 aromatic heterocycles. The van der Waals surface area contributed by atoms with E-state index in [1.54, 1.807) is 24.3 Å². The number of carbonyl (C=O) groups excluding carboxylic acids is 1. The van der Waals surface area contributed by atoms with Gasteiger partial charge in [0.2, 0.25) is 0 Å². The minimum absolute atomic E-state index is 0.121. The van der Waals surface area contributed by atoms with Crippen molar-refractivity contribution in [1.29, 1.82) is 0 Å². The summed E-state index contributed by atoms with van der Waals surface area (Å²) >= 11 is 1.28. The van der Waals surface area contributed by atoms with E-state index in [-0.39, 0.29) is 17.4 Å². The van der Waals surface area contributed by atoms with Crippen LogP contribution in [0.2, 0.25) is 0 Å². The lowest BCUT2D eigenvalue weighted by Crippen LogP contribution is -2.20. The molecule has 0 aliphatic rings. The molecule has 0 aliphatic heterocycles. The third kappa shape index (κ3) is 5.22. The summed E-state index contributed by atoms with van der Waals surface area (Å²) in [7, 11) is 0. The van der Waals surface area contributed by atoms with Crippen LogP contribution in [0.5, 0.6) is 5.75 Å². The molecular weight excluding hydrogens is 422 g/mol. The van der Waals surface area contributed by atoms with E-state index in [1.165, 1.54) is 18.0 Å². The number of nitrogens with one attached hydrogen (secondary N) is 1. The first-order chi connectivity index (χ1) is 15.6. The number of aromatic nitrogens is 3. The zero-order valence-electron chi connectivity index (χ0n) is 17.3. The highest BCUT2D eigenvalue weighted by atomic mass is 32.2. The summed E-state index contributed by atoms with van der Waals surface area (Å²) in [5, 5.41) is 22.8. The van der Waals surface area contributed by atoms with Crippen LogP contribution >= 0.6 is 11.8 Å². The van der Waals surface area contributed by atoms with Gasteiger partial charge in [-0.05, 0) is 36.8 Å². The van der Waals surface area contributed by atoms with Crippen molar-refractivity contribution in [2.75, 3.05) is 5.75 Å². The van der Waals surface area contributed by atoms with Gasteiger partial charge in [-0.15, -0.1) is 10.2 Å². The molecule has 0 unspecified atom stereocenters. The van der Waals surface area contributed by atoms with Gasteiger partial charge in [-0.2, -0.15) is 5.10 Å². The fraction of sp³-hybridized carbons (Fsp3) is 0.0833. The molecule has 0 spiro atoms. The Morgan fingerprint density at radius 3 is 2.59 bits per heavy atom. The molecule has 0 saturated carbocycles. The number of phenolic OH excluding ortho intramolecular Hbond substituents is 1. The molecule has 1 amide bonds. The van der Waals surface area contributed by atoms with Crippen molar-refractivity contribution in [3.8, 4) is 22.8 Å². The van der Waals surface area contributed by atoms with E-state index in [4.69, 9.17) is 0 Å². The minimum atomic E-state index is -0.272. The standard InChI is InChI=1S/C24H21N5O2S/c1-17-10-12-19(13-11-17)23-27-28-24(29(23)20-7-3-2-4-8-20)32-16-22(31)26-25-15-18-6-5-9-21(30)14-18/h2-15,30H,16H2,1H3,(H,26,31)/b25-15+. The van der Waals surface area contributed by atoms with Gasteiger partial charge < -0.3 is 5.11 Å². The summed E-state index contributed by atoms with van der Waals surface area (Å²) in [5.41, 5.74) is 6.20. The molecule has 7 nitrogen and oxygen atoms in total. The summed E-state index contributed by atoms with van der Waals surface area (Å²) in [4.78, 5) is 12.3. The van der Waals surface area contributed by atoms with Crippen LogP contribution in [0.3, 0.4) is 0 Å². The van der Waals surface area contributed by atoms with Gasteiger partial charge in [-0.25, -0.2) is 5.43 Å². The van der Waals surface area contributed by atoms with Crippen molar-refractivity contribution in [2.24, 2.45) is 5.10 Å². The monoisotopic (exact) mass is 443 g/mol. The van der Waals surface area contributed by atoms with Crippen molar-refractivity contribution in [2.45, 2.75) is 12.1 Å². The maximum atomic E-state index is 12.3. The van der Waals surface area contributed by atoms with E-state index in [0.29, 0.717) is 16.5 Å². The second-order valence-corrected chi connectivity index (χ2v) is 7.96. The molecule has 1 heterocycles. The third-order valence-corrected chi connectivity index (χ3v) is 5.49. The van der Waals surface area contributed by atoms with Gasteiger partial charge in [-0.1, -0.05) is 71.9 Å². The Morgan fingerprint density at radius 2 is 1.84 bits per heavy atom. The maximum absolute atomic E-state index is 12.3.